The molecule has 1 unspecified atom stereocenters. The average Bonchev–Trinajstić information content (AvgIpc) is 3.28. The van der Waals surface area contributed by atoms with Crippen molar-refractivity contribution in [2.45, 2.75) is 56.9 Å². The zero-order valence-electron chi connectivity index (χ0n) is 13.2. The largest absolute Gasteiger partial charge is 0.466 e. The minimum absolute atomic E-state index is 0.232. The van der Waals surface area contributed by atoms with Gasteiger partial charge in [0.1, 0.15) is 0 Å². The number of halogens is 3. The third kappa shape index (κ3) is 4.51. The molecular formula is C17H22BrF2NO2. The van der Waals surface area contributed by atoms with Crippen molar-refractivity contribution in [3.8, 4) is 0 Å². The number of ether oxygens (including phenoxy) is 1. The highest BCUT2D eigenvalue weighted by atomic mass is 79.9. The molecule has 6 heteroatoms. The SMILES string of the molecule is CCOC(=O)CCCC(N)c1cc(Br)cc(C2(C(F)F)CC2)c1. The molecule has 0 bridgehead atoms. The zero-order valence-corrected chi connectivity index (χ0v) is 14.7. The predicted octanol–water partition coefficient (Wildman–Crippen LogP) is 4.48. The maximum absolute atomic E-state index is 13.3. The maximum atomic E-state index is 13.3. The van der Waals surface area contributed by atoms with Crippen LogP contribution >= 0.6 is 15.9 Å². The van der Waals surface area contributed by atoms with Crippen LogP contribution in [-0.4, -0.2) is 19.0 Å². The number of hydrogen-bond donors (Lipinski definition) is 1. The predicted molar refractivity (Wildman–Crippen MR) is 88.5 cm³/mol. The summed E-state index contributed by atoms with van der Waals surface area (Å²) < 4.78 is 32.2. The lowest BCUT2D eigenvalue weighted by Crippen LogP contribution is -2.19. The lowest BCUT2D eigenvalue weighted by atomic mass is 9.92. The van der Waals surface area contributed by atoms with E-state index in [1.54, 1.807) is 19.1 Å². The molecule has 1 aromatic rings. The van der Waals surface area contributed by atoms with Gasteiger partial charge < -0.3 is 10.5 Å². The van der Waals surface area contributed by atoms with Crippen molar-refractivity contribution in [1.29, 1.82) is 0 Å². The van der Waals surface area contributed by atoms with Crippen LogP contribution in [0.1, 0.15) is 56.2 Å². The molecule has 0 aromatic heterocycles. The number of rotatable bonds is 8. The summed E-state index contributed by atoms with van der Waals surface area (Å²) in [6.45, 7) is 2.14. The first kappa shape index (κ1) is 18.3. The Morgan fingerprint density at radius 3 is 2.65 bits per heavy atom. The Morgan fingerprint density at radius 1 is 1.39 bits per heavy atom. The summed E-state index contributed by atoms with van der Waals surface area (Å²) in [5.74, 6) is -0.232. The molecule has 0 amide bonds. The molecule has 0 spiro atoms. The van der Waals surface area contributed by atoms with Gasteiger partial charge >= 0.3 is 5.97 Å². The molecule has 1 aliphatic rings. The fourth-order valence-corrected chi connectivity index (χ4v) is 3.26. The molecule has 0 heterocycles. The van der Waals surface area contributed by atoms with Gasteiger partial charge in [-0.25, -0.2) is 8.78 Å². The van der Waals surface area contributed by atoms with Gasteiger partial charge in [0.25, 0.3) is 0 Å². The van der Waals surface area contributed by atoms with Crippen LogP contribution in [0.25, 0.3) is 0 Å². The molecule has 3 nitrogen and oxygen atoms in total. The number of benzene rings is 1. The normalized spacial score (nSPS) is 17.1. The smallest absolute Gasteiger partial charge is 0.305 e. The summed E-state index contributed by atoms with van der Waals surface area (Å²) in [6, 6.07) is 5.13. The molecule has 1 saturated carbocycles. The van der Waals surface area contributed by atoms with Gasteiger partial charge in [-0.15, -0.1) is 0 Å². The van der Waals surface area contributed by atoms with Crippen molar-refractivity contribution in [2.24, 2.45) is 5.73 Å². The number of hydrogen-bond acceptors (Lipinski definition) is 3. The van der Waals surface area contributed by atoms with Gasteiger partial charge in [0, 0.05) is 16.9 Å². The van der Waals surface area contributed by atoms with Crippen molar-refractivity contribution in [2.75, 3.05) is 6.61 Å². The van der Waals surface area contributed by atoms with E-state index >= 15 is 0 Å². The standard InChI is InChI=1S/C17H22BrF2NO2/c1-2-23-15(22)5-3-4-14(21)11-8-12(10-13(18)9-11)17(6-7-17)16(19)20/h8-10,14,16H,2-7,21H2,1H3. The van der Waals surface area contributed by atoms with E-state index in [2.05, 4.69) is 15.9 Å². The highest BCUT2D eigenvalue weighted by Crippen LogP contribution is 2.53. The lowest BCUT2D eigenvalue weighted by Gasteiger charge is -2.19. The maximum Gasteiger partial charge on any atom is 0.305 e. The number of esters is 1. The topological polar surface area (TPSA) is 52.3 Å². The van der Waals surface area contributed by atoms with E-state index in [-0.39, 0.29) is 12.0 Å². The molecular weight excluding hydrogens is 368 g/mol. The number of alkyl halides is 2. The second kappa shape index (κ2) is 7.71. The Morgan fingerprint density at radius 2 is 2.09 bits per heavy atom. The minimum Gasteiger partial charge on any atom is -0.466 e. The number of carbonyl (C=O) groups excluding carboxylic acids is 1. The Balaban J connectivity index is 2.02. The highest BCUT2D eigenvalue weighted by Gasteiger charge is 2.52. The molecule has 1 aromatic carbocycles. The van der Waals surface area contributed by atoms with Gasteiger partial charge in [0.2, 0.25) is 6.43 Å². The minimum atomic E-state index is -2.36. The van der Waals surface area contributed by atoms with Crippen LogP contribution in [0.2, 0.25) is 0 Å². The number of nitrogens with two attached hydrogens (primary N) is 1. The fraction of sp³-hybridized carbons (Fsp3) is 0.588. The molecule has 2 rings (SSSR count). The van der Waals surface area contributed by atoms with Crippen LogP contribution in [0.5, 0.6) is 0 Å². The zero-order chi connectivity index (χ0) is 17.0. The van der Waals surface area contributed by atoms with Gasteiger partial charge in [0.05, 0.1) is 12.0 Å². The second-order valence-electron chi connectivity index (χ2n) is 6.03. The first-order valence-corrected chi connectivity index (χ1v) is 8.68. The van der Waals surface area contributed by atoms with Gasteiger partial charge in [-0.1, -0.05) is 22.0 Å². The fourth-order valence-electron chi connectivity index (χ4n) is 2.75. The summed E-state index contributed by atoms with van der Waals surface area (Å²) in [6.07, 6.45) is 0.212. The highest BCUT2D eigenvalue weighted by molar-refractivity contribution is 9.10. The van der Waals surface area contributed by atoms with Crippen LogP contribution < -0.4 is 5.73 Å². The van der Waals surface area contributed by atoms with E-state index in [0.717, 1.165) is 10.0 Å². The first-order valence-electron chi connectivity index (χ1n) is 7.89. The molecule has 0 radical (unpaired) electrons. The van der Waals surface area contributed by atoms with Gasteiger partial charge in [-0.05, 0) is 55.9 Å². The molecule has 23 heavy (non-hydrogen) atoms. The van der Waals surface area contributed by atoms with Crippen LogP contribution in [0, 0.1) is 0 Å². The van der Waals surface area contributed by atoms with E-state index in [4.69, 9.17) is 10.5 Å². The average molecular weight is 390 g/mol. The molecule has 0 aliphatic heterocycles. The van der Waals surface area contributed by atoms with Crippen LogP contribution in [-0.2, 0) is 14.9 Å². The van der Waals surface area contributed by atoms with Crippen LogP contribution in [0.3, 0.4) is 0 Å². The summed E-state index contributed by atoms with van der Waals surface area (Å²) in [5.41, 5.74) is 6.65. The molecule has 128 valence electrons. The summed E-state index contributed by atoms with van der Waals surface area (Å²) >= 11 is 3.39. The van der Waals surface area contributed by atoms with Crippen molar-refractivity contribution in [1.82, 2.24) is 0 Å². The van der Waals surface area contributed by atoms with E-state index in [1.165, 1.54) is 0 Å². The van der Waals surface area contributed by atoms with Crippen LogP contribution in [0.4, 0.5) is 8.78 Å². The van der Waals surface area contributed by atoms with Crippen molar-refractivity contribution in [3.63, 3.8) is 0 Å². The Labute approximate surface area is 143 Å². The molecule has 2 N–H and O–H groups in total. The third-order valence-electron chi connectivity index (χ3n) is 4.33. The quantitative estimate of drug-likeness (QED) is 0.666. The Hall–Kier alpha value is -1.01. The third-order valence-corrected chi connectivity index (χ3v) is 4.79. The summed E-state index contributed by atoms with van der Waals surface area (Å²) in [5, 5.41) is 0. The summed E-state index contributed by atoms with van der Waals surface area (Å²) in [4.78, 5) is 11.3. The molecule has 0 saturated heterocycles. The molecule has 1 fully saturated rings. The number of carbonyl (C=O) groups is 1. The van der Waals surface area contributed by atoms with E-state index in [9.17, 15) is 13.6 Å². The van der Waals surface area contributed by atoms with E-state index < -0.39 is 11.8 Å². The van der Waals surface area contributed by atoms with Gasteiger partial charge in [-0.3, -0.25) is 4.79 Å². The molecule has 1 aliphatic carbocycles. The van der Waals surface area contributed by atoms with Gasteiger partial charge in [-0.2, -0.15) is 0 Å². The van der Waals surface area contributed by atoms with E-state index in [0.29, 0.717) is 44.3 Å². The van der Waals surface area contributed by atoms with Gasteiger partial charge in [0.15, 0.2) is 0 Å². The van der Waals surface area contributed by atoms with Crippen molar-refractivity contribution in [3.05, 3.63) is 33.8 Å². The van der Waals surface area contributed by atoms with Crippen LogP contribution in [0.15, 0.2) is 22.7 Å². The van der Waals surface area contributed by atoms with Crippen molar-refractivity contribution < 1.29 is 18.3 Å². The monoisotopic (exact) mass is 389 g/mol. The summed E-state index contributed by atoms with van der Waals surface area (Å²) in [7, 11) is 0. The Kier molecular flexibility index (Phi) is 6.14. The van der Waals surface area contributed by atoms with Crippen molar-refractivity contribution >= 4 is 21.9 Å². The first-order chi connectivity index (χ1) is 10.9. The lowest BCUT2D eigenvalue weighted by molar-refractivity contribution is -0.143. The second-order valence-corrected chi connectivity index (χ2v) is 6.95. The van der Waals surface area contributed by atoms with E-state index in [1.807, 2.05) is 6.07 Å². The Bertz CT molecular complexity index is 562. The molecule has 1 atom stereocenters.